The fourth-order valence-corrected chi connectivity index (χ4v) is 6.36. The molecule has 2 aliphatic heterocycles. The van der Waals surface area contributed by atoms with Crippen molar-refractivity contribution in [1.29, 1.82) is 0 Å². The summed E-state index contributed by atoms with van der Waals surface area (Å²) >= 11 is 12.9. The summed E-state index contributed by atoms with van der Waals surface area (Å²) < 4.78 is 5.69. The van der Waals surface area contributed by atoms with Crippen molar-refractivity contribution in [3.63, 3.8) is 0 Å². The van der Waals surface area contributed by atoms with Gasteiger partial charge >= 0.3 is 5.97 Å². The summed E-state index contributed by atoms with van der Waals surface area (Å²) in [4.78, 5) is 31.8. The van der Waals surface area contributed by atoms with E-state index in [4.69, 9.17) is 27.9 Å². The third kappa shape index (κ3) is 8.58. The van der Waals surface area contributed by atoms with Crippen LogP contribution >= 0.6 is 23.2 Å². The molecule has 1 amide bonds. The maximum absolute atomic E-state index is 14.0. The van der Waals surface area contributed by atoms with Crippen LogP contribution in [0.1, 0.15) is 85.1 Å². The summed E-state index contributed by atoms with van der Waals surface area (Å²) in [5, 5.41) is 4.58. The molecule has 2 saturated heterocycles. The van der Waals surface area contributed by atoms with Crippen molar-refractivity contribution in [2.45, 2.75) is 97.8 Å². The van der Waals surface area contributed by atoms with Crippen LogP contribution in [0.4, 0.5) is 0 Å². The number of hydrogen-bond donors (Lipinski definition) is 1. The Morgan fingerprint density at radius 1 is 1.08 bits per heavy atom. The molecule has 1 aromatic rings. The molecule has 2 fully saturated rings. The number of nitrogens with one attached hydrogen (secondary N) is 1. The first kappa shape index (κ1) is 31.2. The van der Waals surface area contributed by atoms with Gasteiger partial charge in [-0.2, -0.15) is 0 Å². The quantitative estimate of drug-likeness (QED) is 0.250. The molecular weight excluding hydrogens is 521 g/mol. The van der Waals surface area contributed by atoms with Crippen LogP contribution in [0.3, 0.4) is 0 Å². The van der Waals surface area contributed by atoms with Gasteiger partial charge in [-0.1, -0.05) is 62.4 Å². The zero-order valence-electron chi connectivity index (χ0n) is 24.0. The predicted molar refractivity (Wildman–Crippen MR) is 156 cm³/mol. The number of amides is 1. The second kappa shape index (κ2) is 13.8. The number of hydrogen-bond acceptors (Lipinski definition) is 5. The summed E-state index contributed by atoms with van der Waals surface area (Å²) in [6, 6.07) is 5.62. The third-order valence-electron chi connectivity index (χ3n) is 8.01. The van der Waals surface area contributed by atoms with E-state index >= 15 is 0 Å². The molecule has 0 aliphatic carbocycles. The average molecular weight is 569 g/mol. The van der Waals surface area contributed by atoms with E-state index < -0.39 is 11.0 Å². The molecule has 6 nitrogen and oxygen atoms in total. The monoisotopic (exact) mass is 567 g/mol. The van der Waals surface area contributed by atoms with Crippen molar-refractivity contribution in [1.82, 2.24) is 15.1 Å². The zero-order chi connectivity index (χ0) is 27.9. The zero-order valence-corrected chi connectivity index (χ0v) is 25.5. The number of likely N-dealkylation sites (tertiary alicyclic amines) is 2. The van der Waals surface area contributed by atoms with Gasteiger partial charge in [-0.05, 0) is 64.6 Å². The minimum absolute atomic E-state index is 0.0325. The number of esters is 1. The normalized spacial score (nSPS) is 23.5. The van der Waals surface area contributed by atoms with Crippen molar-refractivity contribution in [2.24, 2.45) is 11.3 Å². The first-order valence-corrected chi connectivity index (χ1v) is 15.1. The average Bonchev–Trinajstić information content (AvgIpc) is 3.14. The minimum atomic E-state index is -0.868. The summed E-state index contributed by atoms with van der Waals surface area (Å²) in [7, 11) is 0. The van der Waals surface area contributed by atoms with Crippen molar-refractivity contribution < 1.29 is 14.3 Å². The Hall–Kier alpha value is -1.34. The van der Waals surface area contributed by atoms with Gasteiger partial charge in [0.15, 0.2) is 0 Å². The van der Waals surface area contributed by atoms with Gasteiger partial charge in [0.05, 0.1) is 11.8 Å². The smallest absolute Gasteiger partial charge is 0.307 e. The highest BCUT2D eigenvalue weighted by Gasteiger charge is 2.52. The number of nitrogens with zero attached hydrogens (tertiary/aromatic N) is 2. The van der Waals surface area contributed by atoms with Crippen molar-refractivity contribution >= 4 is 35.1 Å². The lowest BCUT2D eigenvalue weighted by molar-refractivity contribution is -0.161. The van der Waals surface area contributed by atoms with Crippen LogP contribution in [0, 0.1) is 11.3 Å². The topological polar surface area (TPSA) is 61.9 Å². The Bertz CT molecular complexity index is 923. The van der Waals surface area contributed by atoms with Gasteiger partial charge in [0, 0.05) is 54.4 Å². The van der Waals surface area contributed by atoms with Crippen LogP contribution in [-0.4, -0.2) is 66.0 Å². The van der Waals surface area contributed by atoms with Crippen LogP contribution in [0.5, 0.6) is 0 Å². The fourth-order valence-electron chi connectivity index (χ4n) is 5.84. The summed E-state index contributed by atoms with van der Waals surface area (Å²) in [6.45, 7) is 14.7. The molecule has 0 spiro atoms. The summed E-state index contributed by atoms with van der Waals surface area (Å²) in [5.74, 6) is -0.404. The van der Waals surface area contributed by atoms with Gasteiger partial charge in [-0.25, -0.2) is 0 Å². The standard InChI is InChI=1S/C30H47Cl2N3O3/c1-6-7-8-9-15-34-16-13-23(14-17-34)33-28(37)30(18-27(36)38-29(3,4)5)21-35(19-22(30)2)20-24-25(31)11-10-12-26(24)32/h10-12,22-23H,6-9,13-21H2,1-5H3,(H,33,37)/t22-,30+/m1/s1. The van der Waals surface area contributed by atoms with Gasteiger partial charge in [0.1, 0.15) is 5.60 Å². The van der Waals surface area contributed by atoms with Crippen molar-refractivity contribution in [3.05, 3.63) is 33.8 Å². The van der Waals surface area contributed by atoms with Crippen molar-refractivity contribution in [2.75, 3.05) is 32.7 Å². The number of carbonyl (C=O) groups excluding carboxylic acids is 2. The van der Waals surface area contributed by atoms with Gasteiger partial charge in [-0.15, -0.1) is 0 Å². The number of unbranched alkanes of at least 4 members (excludes halogenated alkanes) is 3. The molecular formula is C30H47Cl2N3O3. The van der Waals surface area contributed by atoms with Gasteiger partial charge in [0.25, 0.3) is 0 Å². The largest absolute Gasteiger partial charge is 0.460 e. The molecule has 0 bridgehead atoms. The first-order valence-electron chi connectivity index (χ1n) is 14.3. The van der Waals surface area contributed by atoms with E-state index in [9.17, 15) is 9.59 Å². The highest BCUT2D eigenvalue weighted by molar-refractivity contribution is 6.35. The third-order valence-corrected chi connectivity index (χ3v) is 8.72. The molecule has 0 radical (unpaired) electrons. The van der Waals surface area contributed by atoms with Crippen LogP contribution in [0.25, 0.3) is 0 Å². The maximum Gasteiger partial charge on any atom is 0.307 e. The lowest BCUT2D eigenvalue weighted by Gasteiger charge is -2.37. The van der Waals surface area contributed by atoms with Gasteiger partial charge < -0.3 is 15.0 Å². The number of piperidine rings is 1. The van der Waals surface area contributed by atoms with Crippen LogP contribution in [0.2, 0.25) is 10.0 Å². The molecule has 1 N–H and O–H groups in total. The van der Waals surface area contributed by atoms with Gasteiger partial charge in [0.2, 0.25) is 5.91 Å². The van der Waals surface area contributed by atoms with E-state index in [2.05, 4.69) is 29.0 Å². The van der Waals surface area contributed by atoms with E-state index in [0.29, 0.717) is 29.7 Å². The van der Waals surface area contributed by atoms with Crippen LogP contribution in [-0.2, 0) is 20.9 Å². The molecule has 2 heterocycles. The Balaban J connectivity index is 1.69. The lowest BCUT2D eigenvalue weighted by atomic mass is 9.75. The highest BCUT2D eigenvalue weighted by Crippen LogP contribution is 2.42. The Kier molecular flexibility index (Phi) is 11.4. The second-order valence-corrected chi connectivity index (χ2v) is 13.2. The molecule has 2 aliphatic rings. The molecule has 0 saturated carbocycles. The number of halogens is 2. The van der Waals surface area contributed by atoms with E-state index in [1.54, 1.807) is 0 Å². The van der Waals surface area contributed by atoms with Gasteiger partial charge in [-0.3, -0.25) is 14.5 Å². The summed E-state index contributed by atoms with van der Waals surface area (Å²) in [5.41, 5.74) is -0.624. The maximum atomic E-state index is 14.0. The minimum Gasteiger partial charge on any atom is -0.460 e. The number of carbonyl (C=O) groups is 2. The molecule has 38 heavy (non-hydrogen) atoms. The predicted octanol–water partition coefficient (Wildman–Crippen LogP) is 6.32. The second-order valence-electron chi connectivity index (χ2n) is 12.3. The van der Waals surface area contributed by atoms with Crippen LogP contribution < -0.4 is 5.32 Å². The number of rotatable bonds is 11. The molecule has 2 atom stereocenters. The Morgan fingerprint density at radius 2 is 1.74 bits per heavy atom. The molecule has 3 rings (SSSR count). The van der Waals surface area contributed by atoms with E-state index in [0.717, 1.165) is 38.0 Å². The van der Waals surface area contributed by atoms with E-state index in [1.807, 2.05) is 39.0 Å². The fraction of sp³-hybridized carbons (Fsp3) is 0.733. The SMILES string of the molecule is CCCCCCN1CCC(NC(=O)[C@@]2(CC(=O)OC(C)(C)C)CN(Cc3c(Cl)cccc3Cl)C[C@H]2C)CC1. The molecule has 1 aromatic carbocycles. The van der Waals surface area contributed by atoms with E-state index in [1.165, 1.54) is 25.7 Å². The first-order chi connectivity index (χ1) is 17.9. The molecule has 8 heteroatoms. The summed E-state index contributed by atoms with van der Waals surface area (Å²) in [6.07, 6.45) is 7.01. The molecule has 214 valence electrons. The Morgan fingerprint density at radius 3 is 2.34 bits per heavy atom. The van der Waals surface area contributed by atoms with Crippen molar-refractivity contribution in [3.8, 4) is 0 Å². The van der Waals surface area contributed by atoms with Crippen LogP contribution in [0.15, 0.2) is 18.2 Å². The molecule has 0 aromatic heterocycles. The Labute approximate surface area is 239 Å². The van der Waals surface area contributed by atoms with E-state index in [-0.39, 0.29) is 30.3 Å². The number of ether oxygens (including phenoxy) is 1. The molecule has 0 unspecified atom stereocenters. The lowest BCUT2D eigenvalue weighted by Crippen LogP contribution is -2.53. The highest BCUT2D eigenvalue weighted by atomic mass is 35.5. The number of benzene rings is 1.